The molecule has 40 heavy (non-hydrogen) atoms. The third-order valence-corrected chi connectivity index (χ3v) is 6.79. The predicted octanol–water partition coefficient (Wildman–Crippen LogP) is 5.62. The summed E-state index contributed by atoms with van der Waals surface area (Å²) in [6, 6.07) is 15.5. The number of hydrogen-bond donors (Lipinski definition) is 1. The molecule has 0 aliphatic carbocycles. The van der Waals surface area contributed by atoms with E-state index in [1.54, 1.807) is 60.1 Å². The summed E-state index contributed by atoms with van der Waals surface area (Å²) in [5, 5.41) is 11.2. The SMILES string of the molecule is CCn1c(-c2ccc(-n3cnn(C)c3=O)cc2)cc2cc(C(F)(F)F)cc(C(=O)Nc3cccc4oncc34)c21. The molecule has 0 fully saturated rings. The standard InChI is InChI=1S/C28H21F3N6O3/c1-3-36-23(16-7-9-19(10-8-16)37-15-32-35(2)27(37)39)12-17-11-18(28(29,30)31)13-20(25(17)36)26(38)34-22-5-4-6-24-21(22)14-33-40-24/h4-15H,3H2,1-2H3,(H,34,38). The number of benzene rings is 3. The Morgan fingerprint density at radius 1 is 1.07 bits per heavy atom. The molecule has 0 radical (unpaired) electrons. The van der Waals surface area contributed by atoms with Crippen LogP contribution in [0.5, 0.6) is 0 Å². The van der Waals surface area contributed by atoms with Crippen molar-refractivity contribution in [1.82, 2.24) is 24.1 Å². The normalized spacial score (nSPS) is 11.9. The molecule has 0 spiro atoms. The van der Waals surface area contributed by atoms with Crippen LogP contribution >= 0.6 is 0 Å². The highest BCUT2D eigenvalue weighted by molar-refractivity contribution is 6.15. The van der Waals surface area contributed by atoms with Gasteiger partial charge in [-0.1, -0.05) is 23.4 Å². The smallest absolute Gasteiger partial charge is 0.356 e. The molecule has 0 saturated carbocycles. The van der Waals surface area contributed by atoms with Crippen LogP contribution in [0.4, 0.5) is 18.9 Å². The zero-order valence-corrected chi connectivity index (χ0v) is 21.2. The van der Waals surface area contributed by atoms with Crippen molar-refractivity contribution in [2.24, 2.45) is 7.05 Å². The maximum absolute atomic E-state index is 13.9. The number of halogens is 3. The monoisotopic (exact) mass is 546 g/mol. The lowest BCUT2D eigenvalue weighted by atomic mass is 10.0. The summed E-state index contributed by atoms with van der Waals surface area (Å²) in [5.41, 5.74) is 1.71. The Kier molecular flexibility index (Phi) is 5.82. The summed E-state index contributed by atoms with van der Waals surface area (Å²) in [6.45, 7) is 2.24. The third kappa shape index (κ3) is 4.13. The maximum atomic E-state index is 13.9. The van der Waals surface area contributed by atoms with Gasteiger partial charge in [-0.2, -0.15) is 18.3 Å². The van der Waals surface area contributed by atoms with Crippen LogP contribution in [-0.2, 0) is 19.8 Å². The molecule has 12 heteroatoms. The van der Waals surface area contributed by atoms with E-state index in [0.29, 0.717) is 45.7 Å². The highest BCUT2D eigenvalue weighted by Crippen LogP contribution is 2.37. The van der Waals surface area contributed by atoms with Crippen LogP contribution in [0.15, 0.2) is 82.5 Å². The highest BCUT2D eigenvalue weighted by atomic mass is 19.4. The van der Waals surface area contributed by atoms with Crippen LogP contribution in [0.3, 0.4) is 0 Å². The van der Waals surface area contributed by atoms with Gasteiger partial charge in [0.15, 0.2) is 5.58 Å². The first-order chi connectivity index (χ1) is 19.2. The van der Waals surface area contributed by atoms with E-state index < -0.39 is 17.6 Å². The van der Waals surface area contributed by atoms with Gasteiger partial charge in [0.05, 0.1) is 39.6 Å². The molecule has 0 unspecified atom stereocenters. The number of nitrogens with one attached hydrogen (secondary N) is 1. The van der Waals surface area contributed by atoms with E-state index in [9.17, 15) is 22.8 Å². The molecule has 0 bridgehead atoms. The lowest BCUT2D eigenvalue weighted by Gasteiger charge is -2.14. The second-order valence-electron chi connectivity index (χ2n) is 9.18. The topological polar surface area (TPSA) is 99.9 Å². The summed E-state index contributed by atoms with van der Waals surface area (Å²) >= 11 is 0. The second kappa shape index (κ2) is 9.26. The fourth-order valence-corrected chi connectivity index (χ4v) is 4.86. The summed E-state index contributed by atoms with van der Waals surface area (Å²) < 4.78 is 51.3. The summed E-state index contributed by atoms with van der Waals surface area (Å²) in [4.78, 5) is 25.8. The Hall–Kier alpha value is -5.13. The van der Waals surface area contributed by atoms with E-state index in [2.05, 4.69) is 15.6 Å². The minimum absolute atomic E-state index is 0.120. The molecule has 1 N–H and O–H groups in total. The Balaban J connectivity index is 1.48. The molecule has 6 aromatic rings. The zero-order chi connectivity index (χ0) is 28.2. The van der Waals surface area contributed by atoms with Crippen LogP contribution in [0.1, 0.15) is 22.8 Å². The van der Waals surface area contributed by atoms with Gasteiger partial charge >= 0.3 is 11.9 Å². The van der Waals surface area contributed by atoms with Crippen molar-refractivity contribution in [2.45, 2.75) is 19.6 Å². The van der Waals surface area contributed by atoms with Crippen LogP contribution in [0.2, 0.25) is 0 Å². The Bertz CT molecular complexity index is 1960. The fraction of sp³-hybridized carbons (Fsp3) is 0.143. The van der Waals surface area contributed by atoms with Crippen LogP contribution in [0.25, 0.3) is 38.8 Å². The minimum atomic E-state index is -4.66. The molecule has 3 heterocycles. The first-order valence-electron chi connectivity index (χ1n) is 12.3. The van der Waals surface area contributed by atoms with E-state index in [1.165, 1.54) is 21.8 Å². The van der Waals surface area contributed by atoms with Crippen molar-refractivity contribution in [3.8, 4) is 16.9 Å². The molecule has 0 saturated heterocycles. The Morgan fingerprint density at radius 2 is 1.85 bits per heavy atom. The number of amides is 1. The molecule has 3 aromatic heterocycles. The molecule has 0 aliphatic heterocycles. The Labute approximate surface area is 224 Å². The van der Waals surface area contributed by atoms with E-state index in [4.69, 9.17) is 4.52 Å². The van der Waals surface area contributed by atoms with Gasteiger partial charge in [0.2, 0.25) is 0 Å². The largest absolute Gasteiger partial charge is 0.416 e. The Morgan fingerprint density at radius 3 is 2.52 bits per heavy atom. The first-order valence-corrected chi connectivity index (χ1v) is 12.3. The lowest BCUT2D eigenvalue weighted by Crippen LogP contribution is -2.21. The van der Waals surface area contributed by atoms with E-state index in [0.717, 1.165) is 12.1 Å². The number of rotatable bonds is 5. The van der Waals surface area contributed by atoms with Crippen LogP contribution in [-0.4, -0.2) is 30.0 Å². The molecule has 0 aliphatic rings. The summed E-state index contributed by atoms with van der Waals surface area (Å²) in [7, 11) is 1.54. The van der Waals surface area contributed by atoms with Crippen LogP contribution < -0.4 is 11.0 Å². The van der Waals surface area contributed by atoms with Crippen molar-refractivity contribution in [1.29, 1.82) is 0 Å². The van der Waals surface area contributed by atoms with Gasteiger partial charge in [0.25, 0.3) is 5.91 Å². The number of hydrogen-bond acceptors (Lipinski definition) is 5. The van der Waals surface area contributed by atoms with E-state index >= 15 is 0 Å². The molecule has 1 amide bonds. The number of carbonyl (C=O) groups is 1. The van der Waals surface area contributed by atoms with Gasteiger partial charge < -0.3 is 14.4 Å². The fourth-order valence-electron chi connectivity index (χ4n) is 4.86. The number of alkyl halides is 3. The van der Waals surface area contributed by atoms with Gasteiger partial charge in [-0.15, -0.1) is 0 Å². The number of anilines is 1. The molecule has 6 rings (SSSR count). The summed E-state index contributed by atoms with van der Waals surface area (Å²) in [6.07, 6.45) is -1.82. The average Bonchev–Trinajstić information content (AvgIpc) is 3.65. The van der Waals surface area contributed by atoms with Crippen molar-refractivity contribution in [3.05, 3.63) is 94.8 Å². The van der Waals surface area contributed by atoms with E-state index in [-0.39, 0.29) is 16.6 Å². The molecule has 0 atom stereocenters. The van der Waals surface area contributed by atoms with Crippen molar-refractivity contribution < 1.29 is 22.5 Å². The molecule has 3 aromatic carbocycles. The average molecular weight is 547 g/mol. The summed E-state index contributed by atoms with van der Waals surface area (Å²) in [5.74, 6) is -0.699. The zero-order valence-electron chi connectivity index (χ0n) is 21.2. The quantitative estimate of drug-likeness (QED) is 0.302. The van der Waals surface area contributed by atoms with Gasteiger partial charge in [-0.3, -0.25) is 4.79 Å². The van der Waals surface area contributed by atoms with Crippen molar-refractivity contribution >= 4 is 33.5 Å². The van der Waals surface area contributed by atoms with Crippen LogP contribution in [0, 0.1) is 0 Å². The first kappa shape index (κ1) is 25.2. The van der Waals surface area contributed by atoms with Gasteiger partial charge in [0.1, 0.15) is 6.33 Å². The van der Waals surface area contributed by atoms with Gasteiger partial charge in [-0.25, -0.2) is 14.0 Å². The lowest BCUT2D eigenvalue weighted by molar-refractivity contribution is -0.137. The van der Waals surface area contributed by atoms with Crippen molar-refractivity contribution in [2.75, 3.05) is 5.32 Å². The molecule has 202 valence electrons. The third-order valence-electron chi connectivity index (χ3n) is 6.79. The van der Waals surface area contributed by atoms with Gasteiger partial charge in [0, 0.05) is 24.7 Å². The minimum Gasteiger partial charge on any atom is -0.356 e. The number of aryl methyl sites for hydroxylation is 2. The number of aromatic nitrogens is 5. The predicted molar refractivity (Wildman–Crippen MR) is 142 cm³/mol. The second-order valence-corrected chi connectivity index (χ2v) is 9.18. The number of nitrogens with zero attached hydrogens (tertiary/aromatic N) is 5. The number of carbonyl (C=O) groups excluding carboxylic acids is 1. The van der Waals surface area contributed by atoms with Gasteiger partial charge in [-0.05, 0) is 55.0 Å². The highest BCUT2D eigenvalue weighted by Gasteiger charge is 2.33. The maximum Gasteiger partial charge on any atom is 0.416 e. The molecule has 9 nitrogen and oxygen atoms in total. The van der Waals surface area contributed by atoms with E-state index in [1.807, 2.05) is 6.92 Å². The molecular formula is C28H21F3N6O3. The van der Waals surface area contributed by atoms with Crippen molar-refractivity contribution in [3.63, 3.8) is 0 Å². The molecular weight excluding hydrogens is 525 g/mol. The number of fused-ring (bicyclic) bond motifs is 2.